The van der Waals surface area contributed by atoms with Crippen LogP contribution in [0.25, 0.3) is 0 Å². The molecule has 0 atom stereocenters. The molecule has 0 bridgehead atoms. The summed E-state index contributed by atoms with van der Waals surface area (Å²) in [6.07, 6.45) is 24.1. The number of nitrogens with zero attached hydrogens (tertiary/aromatic N) is 1. The third-order valence-electron chi connectivity index (χ3n) is 4.29. The molecule has 0 aliphatic carbocycles. The topological polar surface area (TPSA) is 55.8 Å². The van der Waals surface area contributed by atoms with E-state index in [1.54, 1.807) is 4.90 Å². The minimum absolute atomic E-state index is 0.157. The molecule has 0 amide bonds. The van der Waals surface area contributed by atoms with Crippen molar-refractivity contribution in [2.45, 2.75) is 77.6 Å². The van der Waals surface area contributed by atoms with Gasteiger partial charge >= 0.3 is 11.9 Å². The summed E-state index contributed by atoms with van der Waals surface area (Å²) in [6.45, 7) is 3.02. The van der Waals surface area contributed by atoms with Crippen LogP contribution in [-0.2, 0) is 19.1 Å². The second-order valence-electron chi connectivity index (χ2n) is 7.63. The summed E-state index contributed by atoms with van der Waals surface area (Å²) in [5.74, 6) is -0.412. The van der Waals surface area contributed by atoms with E-state index < -0.39 is 0 Å². The van der Waals surface area contributed by atoms with E-state index in [0.717, 1.165) is 44.9 Å². The first-order valence-electron chi connectivity index (χ1n) is 11.5. The minimum Gasteiger partial charge on any atom is -0.466 e. The summed E-state index contributed by atoms with van der Waals surface area (Å²) in [5.41, 5.74) is 0. The maximum absolute atomic E-state index is 11.7. The van der Waals surface area contributed by atoms with Gasteiger partial charge in [-0.1, -0.05) is 62.6 Å². The first-order chi connectivity index (χ1) is 14.6. The van der Waals surface area contributed by atoms with Crippen molar-refractivity contribution in [1.29, 1.82) is 0 Å². The van der Waals surface area contributed by atoms with Gasteiger partial charge in [-0.15, -0.1) is 0 Å². The molecule has 172 valence electrons. The predicted octanol–water partition coefficient (Wildman–Crippen LogP) is 5.61. The van der Waals surface area contributed by atoms with Crippen LogP contribution in [0.4, 0.5) is 0 Å². The van der Waals surface area contributed by atoms with E-state index in [1.165, 1.54) is 12.8 Å². The Balaban J connectivity index is 3.38. The van der Waals surface area contributed by atoms with Gasteiger partial charge < -0.3 is 9.47 Å². The Labute approximate surface area is 184 Å². The Morgan fingerprint density at radius 3 is 1.93 bits per heavy atom. The van der Waals surface area contributed by atoms with Crippen molar-refractivity contribution in [3.8, 4) is 0 Å². The van der Waals surface area contributed by atoms with Crippen LogP contribution in [0.15, 0.2) is 36.5 Å². The summed E-state index contributed by atoms with van der Waals surface area (Å²) in [6, 6.07) is 0. The standard InChI is InChI=1S/C25H43NO4/c1-4-5-6-7-8-9-10-11-12-13-14-15-16-17-18-20-24(27)29-21-19-22-30-25(28)23-26(2)3/h5-6,8-9,11-12H,4,7,10,13-23H2,1-3H3/b6-5-,9-8-,12-11-. The first-order valence-corrected chi connectivity index (χ1v) is 11.5. The minimum atomic E-state index is -0.255. The molecule has 0 heterocycles. The highest BCUT2D eigenvalue weighted by Crippen LogP contribution is 2.08. The predicted molar refractivity (Wildman–Crippen MR) is 124 cm³/mol. The Morgan fingerprint density at radius 2 is 1.27 bits per heavy atom. The molecule has 0 radical (unpaired) electrons. The van der Waals surface area contributed by atoms with Crippen LogP contribution in [0.5, 0.6) is 0 Å². The molecule has 0 aliphatic heterocycles. The lowest BCUT2D eigenvalue weighted by molar-refractivity contribution is -0.146. The highest BCUT2D eigenvalue weighted by Gasteiger charge is 2.05. The van der Waals surface area contributed by atoms with Crippen LogP contribution in [0.2, 0.25) is 0 Å². The quantitative estimate of drug-likeness (QED) is 0.154. The number of hydrogen-bond donors (Lipinski definition) is 0. The maximum Gasteiger partial charge on any atom is 0.320 e. The fourth-order valence-electron chi connectivity index (χ4n) is 2.70. The molecule has 0 aromatic carbocycles. The number of hydrogen-bond acceptors (Lipinski definition) is 5. The highest BCUT2D eigenvalue weighted by molar-refractivity contribution is 5.71. The summed E-state index contributed by atoms with van der Waals surface area (Å²) >= 11 is 0. The first kappa shape index (κ1) is 28.1. The van der Waals surface area contributed by atoms with E-state index >= 15 is 0 Å². The van der Waals surface area contributed by atoms with E-state index in [-0.39, 0.29) is 18.5 Å². The molecule has 0 aromatic rings. The summed E-state index contributed by atoms with van der Waals surface area (Å²) in [7, 11) is 3.63. The molecule has 0 unspecified atom stereocenters. The van der Waals surface area contributed by atoms with E-state index in [1.807, 2.05) is 14.1 Å². The highest BCUT2D eigenvalue weighted by atomic mass is 16.5. The van der Waals surface area contributed by atoms with Gasteiger partial charge in [-0.05, 0) is 52.6 Å². The van der Waals surface area contributed by atoms with Crippen molar-refractivity contribution in [1.82, 2.24) is 4.90 Å². The van der Waals surface area contributed by atoms with Crippen molar-refractivity contribution in [3.05, 3.63) is 36.5 Å². The average molecular weight is 422 g/mol. The van der Waals surface area contributed by atoms with E-state index in [0.29, 0.717) is 26.1 Å². The Bertz CT molecular complexity index is 509. The molecule has 0 saturated carbocycles. The number of allylic oxidation sites excluding steroid dienone is 6. The van der Waals surface area contributed by atoms with Gasteiger partial charge in [0.1, 0.15) is 0 Å². The summed E-state index contributed by atoms with van der Waals surface area (Å²) < 4.78 is 10.2. The molecule has 0 aliphatic rings. The van der Waals surface area contributed by atoms with Crippen molar-refractivity contribution < 1.29 is 19.1 Å². The number of likely N-dealkylation sites (N-methyl/N-ethyl adjacent to an activating group) is 1. The Morgan fingerprint density at radius 1 is 0.700 bits per heavy atom. The molecule has 0 rings (SSSR count). The molecule has 5 nitrogen and oxygen atoms in total. The molecule has 0 aromatic heterocycles. The van der Waals surface area contributed by atoms with Crippen LogP contribution in [-0.4, -0.2) is 50.7 Å². The SMILES string of the molecule is CC/C=C\C/C=C\C/C=C\CCCCCCCC(=O)OCCCOC(=O)CN(C)C. The normalized spacial score (nSPS) is 11.9. The average Bonchev–Trinajstić information content (AvgIpc) is 2.70. The fraction of sp³-hybridized carbons (Fsp3) is 0.680. The molecular formula is C25H43NO4. The van der Waals surface area contributed by atoms with Crippen LogP contribution in [0.3, 0.4) is 0 Å². The van der Waals surface area contributed by atoms with E-state index in [4.69, 9.17) is 9.47 Å². The van der Waals surface area contributed by atoms with Gasteiger partial charge in [-0.3, -0.25) is 14.5 Å². The smallest absolute Gasteiger partial charge is 0.320 e. The number of rotatable bonds is 19. The van der Waals surface area contributed by atoms with E-state index in [9.17, 15) is 9.59 Å². The van der Waals surface area contributed by atoms with Crippen LogP contribution >= 0.6 is 0 Å². The van der Waals surface area contributed by atoms with Crippen molar-refractivity contribution in [3.63, 3.8) is 0 Å². The lowest BCUT2D eigenvalue weighted by atomic mass is 10.1. The second-order valence-corrected chi connectivity index (χ2v) is 7.63. The lowest BCUT2D eigenvalue weighted by Gasteiger charge is -2.09. The van der Waals surface area contributed by atoms with Gasteiger partial charge in [-0.25, -0.2) is 0 Å². The summed E-state index contributed by atoms with van der Waals surface area (Å²) in [5, 5.41) is 0. The van der Waals surface area contributed by atoms with Gasteiger partial charge in [0.05, 0.1) is 19.8 Å². The number of carbonyl (C=O) groups is 2. The molecule has 0 fully saturated rings. The molecular weight excluding hydrogens is 378 g/mol. The molecule has 5 heteroatoms. The van der Waals surface area contributed by atoms with Crippen molar-refractivity contribution in [2.75, 3.05) is 33.9 Å². The fourth-order valence-corrected chi connectivity index (χ4v) is 2.70. The maximum atomic E-state index is 11.7. The number of carbonyl (C=O) groups excluding carboxylic acids is 2. The van der Waals surface area contributed by atoms with Crippen molar-refractivity contribution in [2.24, 2.45) is 0 Å². The second kappa shape index (κ2) is 21.8. The third kappa shape index (κ3) is 22.4. The zero-order valence-corrected chi connectivity index (χ0v) is 19.4. The van der Waals surface area contributed by atoms with Crippen molar-refractivity contribution >= 4 is 11.9 Å². The van der Waals surface area contributed by atoms with Crippen LogP contribution in [0, 0.1) is 0 Å². The van der Waals surface area contributed by atoms with Crippen LogP contribution < -0.4 is 0 Å². The van der Waals surface area contributed by atoms with Gasteiger partial charge in [0.2, 0.25) is 0 Å². The van der Waals surface area contributed by atoms with Gasteiger partial charge in [0, 0.05) is 12.8 Å². The molecule has 30 heavy (non-hydrogen) atoms. The Hall–Kier alpha value is -1.88. The zero-order chi connectivity index (χ0) is 22.3. The van der Waals surface area contributed by atoms with Gasteiger partial charge in [0.25, 0.3) is 0 Å². The van der Waals surface area contributed by atoms with E-state index in [2.05, 4.69) is 43.4 Å². The summed E-state index contributed by atoms with van der Waals surface area (Å²) in [4.78, 5) is 24.8. The molecule has 0 N–H and O–H groups in total. The monoisotopic (exact) mass is 421 g/mol. The Kier molecular flexibility index (Phi) is 20.5. The zero-order valence-electron chi connectivity index (χ0n) is 19.4. The number of unbranched alkanes of at least 4 members (excludes halogenated alkanes) is 5. The molecule has 0 spiro atoms. The third-order valence-corrected chi connectivity index (χ3v) is 4.29. The number of esters is 2. The largest absolute Gasteiger partial charge is 0.466 e. The lowest BCUT2D eigenvalue weighted by Crippen LogP contribution is -2.24. The van der Waals surface area contributed by atoms with Gasteiger partial charge in [-0.2, -0.15) is 0 Å². The van der Waals surface area contributed by atoms with Crippen LogP contribution in [0.1, 0.15) is 77.6 Å². The molecule has 0 saturated heterocycles. The van der Waals surface area contributed by atoms with Gasteiger partial charge in [0.15, 0.2) is 0 Å². The number of ether oxygens (including phenoxy) is 2.